The normalized spacial score (nSPS) is 14.1. The van der Waals surface area contributed by atoms with Gasteiger partial charge in [0.1, 0.15) is 0 Å². The Morgan fingerprint density at radius 3 is 1.78 bits per heavy atom. The standard InChI is InChI=1S/C47H45.C12H11Si.2ClH.Zr/c1-8-14-31-27-40-38(19-13-20-39(40)44-35-17-11-9-15-29(35)25-30-16-10-12-18-36(30)44)43(31)45-41-28-32-26-33(46(2,3)4)21-22-34(32)37(41)23-24-42(45)47(5,6)7;1-3-7-11(8-4-1)13-12-9-5-2-6-10-12;;;/h9-13,15-23,25-27,43H,8,14,28H2,1-7H3;1-10,13H;2*1H;/q;;;;+2/p-2. The molecule has 0 saturated heterocycles. The van der Waals surface area contributed by atoms with Gasteiger partial charge in [-0.1, -0.05) is 0 Å². The first-order valence-corrected chi connectivity index (χ1v) is 29.7. The molecule has 2 aliphatic carbocycles. The third-order valence-electron chi connectivity index (χ3n) is 13.4. The van der Waals surface area contributed by atoms with E-state index in [9.17, 15) is 0 Å². The third-order valence-corrected chi connectivity index (χ3v) is 26.5. The van der Waals surface area contributed by atoms with Gasteiger partial charge >= 0.3 is 379 Å². The van der Waals surface area contributed by atoms with Crippen LogP contribution in [0.2, 0.25) is 0 Å². The summed E-state index contributed by atoms with van der Waals surface area (Å²) in [5, 5.41) is 8.43. The summed E-state index contributed by atoms with van der Waals surface area (Å²) in [4.78, 5) is 0. The first kappa shape index (κ1) is 45.3. The van der Waals surface area contributed by atoms with E-state index in [1.807, 2.05) is 0 Å². The zero-order valence-electron chi connectivity index (χ0n) is 37.6. The predicted octanol–water partition coefficient (Wildman–Crippen LogP) is 7.41. The van der Waals surface area contributed by atoms with Crippen molar-refractivity contribution in [3.8, 4) is 22.3 Å². The molecule has 1 atom stereocenters. The van der Waals surface area contributed by atoms with E-state index in [1.165, 1.54) is 66.1 Å². The fraction of sp³-hybridized carbons (Fsp3) is 0.220. The van der Waals surface area contributed by atoms with E-state index >= 15 is 0 Å². The van der Waals surface area contributed by atoms with E-state index < -0.39 is 28.3 Å². The third kappa shape index (κ3) is 8.21. The van der Waals surface area contributed by atoms with Gasteiger partial charge in [0.15, 0.2) is 0 Å². The first-order chi connectivity index (χ1) is 29.5. The molecule has 0 spiro atoms. The number of benzene rings is 8. The molecule has 314 valence electrons. The monoisotopic (exact) mass is 952 g/mol. The Hall–Kier alpha value is -4.30. The quantitative estimate of drug-likeness (QED) is 0.110. The molecule has 0 radical (unpaired) electrons. The molecule has 0 aromatic heterocycles. The van der Waals surface area contributed by atoms with Crippen molar-refractivity contribution in [2.24, 2.45) is 0 Å². The molecule has 10 rings (SSSR count). The minimum Gasteiger partial charge on any atom is -1.00 e. The van der Waals surface area contributed by atoms with E-state index in [-0.39, 0.29) is 41.6 Å². The number of fused-ring (bicyclic) bond motifs is 6. The minimum atomic E-state index is -1.51. The summed E-state index contributed by atoms with van der Waals surface area (Å²) in [7, 11) is 0. The molecule has 63 heavy (non-hydrogen) atoms. The van der Waals surface area contributed by atoms with E-state index in [0.717, 1.165) is 19.3 Å². The second-order valence-corrected chi connectivity index (χ2v) is 29.8. The summed E-state index contributed by atoms with van der Waals surface area (Å²) in [6.45, 7) is 17.0. The van der Waals surface area contributed by atoms with Crippen LogP contribution in [0.15, 0.2) is 163 Å². The van der Waals surface area contributed by atoms with Crippen LogP contribution >= 0.6 is 0 Å². The zero-order valence-corrected chi connectivity index (χ0v) is 42.7. The Balaban J connectivity index is 0.00000272. The first-order valence-electron chi connectivity index (χ1n) is 22.4. The van der Waals surface area contributed by atoms with Crippen LogP contribution in [0.3, 0.4) is 0 Å². The molecule has 0 N–H and O–H groups in total. The molecule has 8 aromatic rings. The Morgan fingerprint density at radius 2 is 1.19 bits per heavy atom. The Bertz CT molecular complexity index is 2910. The SMILES string of the molecule is CCCC1=Cc2c(-c3c4ccccc4cc4ccccc34)cccc2C1c1c2c(c[c]([Zr+2][SiH](c3ccccc3)c3ccccc3)c1C(C)(C)C)-c1ccc(C(C)(C)C)cc1C2.[Cl-].[Cl-]. The van der Waals surface area contributed by atoms with Crippen molar-refractivity contribution in [2.75, 3.05) is 0 Å². The van der Waals surface area contributed by atoms with Gasteiger partial charge in [-0.05, 0) is 0 Å². The molecule has 0 amide bonds. The van der Waals surface area contributed by atoms with Crippen LogP contribution in [-0.4, -0.2) is 5.92 Å². The van der Waals surface area contributed by atoms with Crippen molar-refractivity contribution < 1.29 is 47.2 Å². The average molecular weight is 955 g/mol. The maximum absolute atomic E-state index is 2.75. The van der Waals surface area contributed by atoms with Gasteiger partial charge < -0.3 is 24.8 Å². The van der Waals surface area contributed by atoms with Gasteiger partial charge in [0.25, 0.3) is 0 Å². The molecular formula is C59H56Cl2SiZr. The second-order valence-electron chi connectivity index (χ2n) is 19.6. The summed E-state index contributed by atoms with van der Waals surface area (Å²) in [6, 6.07) is 61.1. The van der Waals surface area contributed by atoms with Gasteiger partial charge in [-0.25, -0.2) is 0 Å². The van der Waals surface area contributed by atoms with Crippen molar-refractivity contribution in [1.29, 1.82) is 0 Å². The minimum absolute atomic E-state index is 0. The van der Waals surface area contributed by atoms with Crippen molar-refractivity contribution in [3.63, 3.8) is 0 Å². The molecule has 8 aromatic carbocycles. The predicted molar refractivity (Wildman–Crippen MR) is 263 cm³/mol. The fourth-order valence-corrected chi connectivity index (χ4v) is 24.1. The average Bonchev–Trinajstić information content (AvgIpc) is 3.82. The summed E-state index contributed by atoms with van der Waals surface area (Å²) in [5.74, 6) is -1.30. The second kappa shape index (κ2) is 17.9. The number of allylic oxidation sites excluding steroid dienone is 1. The summed E-state index contributed by atoms with van der Waals surface area (Å²) in [6.07, 6.45) is 5.85. The van der Waals surface area contributed by atoms with Crippen LogP contribution in [0.4, 0.5) is 0 Å². The van der Waals surface area contributed by atoms with Gasteiger partial charge in [0, 0.05) is 0 Å². The van der Waals surface area contributed by atoms with E-state index in [1.54, 1.807) is 35.9 Å². The van der Waals surface area contributed by atoms with Crippen molar-refractivity contribution in [3.05, 3.63) is 202 Å². The molecule has 0 fully saturated rings. The number of hydrogen-bond acceptors (Lipinski definition) is 0. The Kier molecular flexibility index (Phi) is 12.9. The van der Waals surface area contributed by atoms with Crippen LogP contribution in [0.1, 0.15) is 106 Å². The smallest absolute Gasteiger partial charge is 1.00 e. The van der Waals surface area contributed by atoms with Crippen LogP contribution in [0.5, 0.6) is 0 Å². The van der Waals surface area contributed by atoms with Crippen LogP contribution in [-0.2, 0) is 39.6 Å². The maximum Gasteiger partial charge on any atom is -1.00 e. The van der Waals surface area contributed by atoms with E-state index in [0.29, 0.717) is 0 Å². The topological polar surface area (TPSA) is 0 Å². The van der Waals surface area contributed by atoms with E-state index in [2.05, 4.69) is 212 Å². The van der Waals surface area contributed by atoms with Crippen molar-refractivity contribution in [2.45, 2.75) is 84.5 Å². The van der Waals surface area contributed by atoms with Gasteiger partial charge in [0.2, 0.25) is 0 Å². The number of halogens is 2. The molecule has 1 unspecified atom stereocenters. The zero-order chi connectivity index (χ0) is 42.0. The van der Waals surface area contributed by atoms with Gasteiger partial charge in [0.05, 0.1) is 0 Å². The maximum atomic E-state index is 2.75. The van der Waals surface area contributed by atoms with Crippen molar-refractivity contribution in [1.82, 2.24) is 0 Å². The molecular weight excluding hydrogens is 899 g/mol. The van der Waals surface area contributed by atoms with Crippen LogP contribution in [0, 0.1) is 0 Å². The van der Waals surface area contributed by atoms with Crippen molar-refractivity contribution >= 4 is 47.2 Å². The molecule has 0 bridgehead atoms. The number of hydrogen-bond donors (Lipinski definition) is 0. The summed E-state index contributed by atoms with van der Waals surface area (Å²) < 4.78 is 1.71. The largest absolute Gasteiger partial charge is 1.00 e. The fourth-order valence-electron chi connectivity index (χ4n) is 10.7. The summed E-state index contributed by atoms with van der Waals surface area (Å²) in [5.41, 5.74) is 18.0. The molecule has 2 aliphatic rings. The van der Waals surface area contributed by atoms with Gasteiger partial charge in [-0.15, -0.1) is 0 Å². The molecule has 4 heteroatoms. The molecule has 0 heterocycles. The summed E-state index contributed by atoms with van der Waals surface area (Å²) >= 11 is -1.20. The van der Waals surface area contributed by atoms with Crippen LogP contribution in [0.25, 0.3) is 49.9 Å². The number of rotatable bonds is 8. The van der Waals surface area contributed by atoms with Gasteiger partial charge in [-0.2, -0.15) is 0 Å². The van der Waals surface area contributed by atoms with E-state index in [4.69, 9.17) is 0 Å². The Morgan fingerprint density at radius 1 is 0.587 bits per heavy atom. The molecule has 0 saturated carbocycles. The van der Waals surface area contributed by atoms with Gasteiger partial charge in [-0.3, -0.25) is 0 Å². The molecule has 0 aliphatic heterocycles. The molecule has 0 nitrogen and oxygen atoms in total. The van der Waals surface area contributed by atoms with Crippen LogP contribution < -0.4 is 38.5 Å². The Labute approximate surface area is 400 Å².